The van der Waals surface area contributed by atoms with Crippen LogP contribution in [0.2, 0.25) is 0 Å². The Hall–Kier alpha value is -1.51. The fourth-order valence-electron chi connectivity index (χ4n) is 1.78. The first-order chi connectivity index (χ1) is 7.08. The molecule has 1 N–H and O–H groups in total. The van der Waals surface area contributed by atoms with Crippen LogP contribution in [-0.4, -0.2) is 12.5 Å². The van der Waals surface area contributed by atoms with Crippen LogP contribution in [0.15, 0.2) is 12.1 Å². The van der Waals surface area contributed by atoms with E-state index in [1.807, 2.05) is 26.8 Å². The summed E-state index contributed by atoms with van der Waals surface area (Å²) in [4.78, 5) is 11.6. The Bertz CT molecular complexity index is 412. The summed E-state index contributed by atoms with van der Waals surface area (Å²) < 4.78 is 5.63. The Kier molecular flexibility index (Phi) is 2.39. The van der Waals surface area contributed by atoms with Gasteiger partial charge < -0.3 is 10.1 Å². The first-order valence-electron chi connectivity index (χ1n) is 5.13. The highest BCUT2D eigenvalue weighted by Crippen LogP contribution is 2.32. The van der Waals surface area contributed by atoms with E-state index >= 15 is 0 Å². The topological polar surface area (TPSA) is 38.3 Å². The average Bonchev–Trinajstić information content (AvgIpc) is 2.27. The molecule has 80 valence electrons. The number of aryl methyl sites for hydroxylation is 2. The summed E-state index contributed by atoms with van der Waals surface area (Å²) in [7, 11) is 0. The molecule has 1 aromatic carbocycles. The van der Waals surface area contributed by atoms with Crippen LogP contribution in [0.1, 0.15) is 18.1 Å². The van der Waals surface area contributed by atoms with Gasteiger partial charge in [-0.2, -0.15) is 0 Å². The standard InChI is InChI=1S/C12H15NO2/c1-7-4-8(2)11-10(5-7)13-12(14)9(3)6-15-11/h4-5,9H,6H2,1-3H3,(H,13,14). The fraction of sp³-hybridized carbons (Fsp3) is 0.417. The number of amides is 1. The van der Waals surface area contributed by atoms with Gasteiger partial charge in [0.05, 0.1) is 18.2 Å². The van der Waals surface area contributed by atoms with E-state index in [1.54, 1.807) is 0 Å². The highest BCUT2D eigenvalue weighted by molar-refractivity contribution is 5.95. The molecule has 1 aliphatic rings. The van der Waals surface area contributed by atoms with Crippen molar-refractivity contribution in [2.45, 2.75) is 20.8 Å². The van der Waals surface area contributed by atoms with Gasteiger partial charge in [-0.05, 0) is 31.0 Å². The molecule has 1 atom stereocenters. The van der Waals surface area contributed by atoms with Gasteiger partial charge in [0.1, 0.15) is 5.75 Å². The molecule has 3 nitrogen and oxygen atoms in total. The van der Waals surface area contributed by atoms with Gasteiger partial charge in [0.2, 0.25) is 5.91 Å². The molecule has 1 amide bonds. The molecule has 3 heteroatoms. The Morgan fingerprint density at radius 2 is 2.13 bits per heavy atom. The monoisotopic (exact) mass is 205 g/mol. The van der Waals surface area contributed by atoms with E-state index < -0.39 is 0 Å². The summed E-state index contributed by atoms with van der Waals surface area (Å²) in [5.41, 5.74) is 2.99. The van der Waals surface area contributed by atoms with Crippen molar-refractivity contribution in [3.05, 3.63) is 23.3 Å². The number of benzene rings is 1. The Morgan fingerprint density at radius 3 is 2.87 bits per heavy atom. The van der Waals surface area contributed by atoms with Gasteiger partial charge in [-0.3, -0.25) is 4.79 Å². The maximum Gasteiger partial charge on any atom is 0.230 e. The largest absolute Gasteiger partial charge is 0.490 e. The Labute approximate surface area is 89.4 Å². The third kappa shape index (κ3) is 1.82. The molecule has 0 aliphatic carbocycles. The van der Waals surface area contributed by atoms with Gasteiger partial charge in [-0.1, -0.05) is 13.0 Å². The predicted molar refractivity (Wildman–Crippen MR) is 59.2 cm³/mol. The van der Waals surface area contributed by atoms with Gasteiger partial charge in [0.15, 0.2) is 0 Å². The highest BCUT2D eigenvalue weighted by Gasteiger charge is 2.21. The van der Waals surface area contributed by atoms with Crippen molar-refractivity contribution in [2.75, 3.05) is 11.9 Å². The Morgan fingerprint density at radius 1 is 1.40 bits per heavy atom. The van der Waals surface area contributed by atoms with E-state index in [1.165, 1.54) is 0 Å². The van der Waals surface area contributed by atoms with E-state index in [-0.39, 0.29) is 11.8 Å². The number of anilines is 1. The molecule has 1 unspecified atom stereocenters. The predicted octanol–water partition coefficient (Wildman–Crippen LogP) is 2.27. The van der Waals surface area contributed by atoms with Crippen LogP contribution in [0.5, 0.6) is 5.75 Å². The molecule has 0 spiro atoms. The van der Waals surface area contributed by atoms with Crippen LogP contribution in [0.25, 0.3) is 0 Å². The van der Waals surface area contributed by atoms with Crippen LogP contribution >= 0.6 is 0 Å². The molecule has 0 radical (unpaired) electrons. The van der Waals surface area contributed by atoms with Crippen molar-refractivity contribution < 1.29 is 9.53 Å². The van der Waals surface area contributed by atoms with Gasteiger partial charge in [0.25, 0.3) is 0 Å². The van der Waals surface area contributed by atoms with Gasteiger partial charge >= 0.3 is 0 Å². The van der Waals surface area contributed by atoms with Crippen LogP contribution < -0.4 is 10.1 Å². The molecule has 15 heavy (non-hydrogen) atoms. The van der Waals surface area contributed by atoms with E-state index in [0.717, 1.165) is 22.6 Å². The van der Waals surface area contributed by atoms with Gasteiger partial charge in [-0.25, -0.2) is 0 Å². The molecule has 1 aromatic rings. The summed E-state index contributed by atoms with van der Waals surface area (Å²) in [6.07, 6.45) is 0. The second kappa shape index (κ2) is 3.57. The average molecular weight is 205 g/mol. The molecule has 0 bridgehead atoms. The number of hydrogen-bond donors (Lipinski definition) is 1. The van der Waals surface area contributed by atoms with Crippen molar-refractivity contribution in [3.8, 4) is 5.75 Å². The zero-order valence-corrected chi connectivity index (χ0v) is 9.26. The third-order valence-corrected chi connectivity index (χ3v) is 2.60. The van der Waals surface area contributed by atoms with Crippen molar-refractivity contribution in [3.63, 3.8) is 0 Å². The minimum absolute atomic E-state index is 0.0266. The van der Waals surface area contributed by atoms with E-state index in [0.29, 0.717) is 6.61 Å². The number of fused-ring (bicyclic) bond motifs is 1. The zero-order chi connectivity index (χ0) is 11.0. The molecule has 1 heterocycles. The van der Waals surface area contributed by atoms with Crippen molar-refractivity contribution in [1.82, 2.24) is 0 Å². The molecule has 0 aromatic heterocycles. The first kappa shape index (κ1) is 10.0. The number of ether oxygens (including phenoxy) is 1. The molecule has 2 rings (SSSR count). The number of rotatable bonds is 0. The second-order valence-electron chi connectivity index (χ2n) is 4.16. The summed E-state index contributed by atoms with van der Waals surface area (Å²) >= 11 is 0. The lowest BCUT2D eigenvalue weighted by molar-refractivity contribution is -0.119. The van der Waals surface area contributed by atoms with Crippen molar-refractivity contribution in [1.29, 1.82) is 0 Å². The maximum atomic E-state index is 11.6. The normalized spacial score (nSPS) is 19.9. The fourth-order valence-corrected chi connectivity index (χ4v) is 1.78. The highest BCUT2D eigenvalue weighted by atomic mass is 16.5. The quantitative estimate of drug-likeness (QED) is 0.705. The summed E-state index contributed by atoms with van der Waals surface area (Å²) in [6, 6.07) is 4.00. The van der Waals surface area contributed by atoms with Crippen LogP contribution in [0, 0.1) is 19.8 Å². The molecule has 0 saturated heterocycles. The lowest BCUT2D eigenvalue weighted by atomic mass is 10.1. The lowest BCUT2D eigenvalue weighted by Crippen LogP contribution is -2.22. The zero-order valence-electron chi connectivity index (χ0n) is 9.26. The summed E-state index contributed by atoms with van der Waals surface area (Å²) in [5, 5.41) is 2.89. The Balaban J connectivity index is 2.47. The molecular weight excluding hydrogens is 190 g/mol. The van der Waals surface area contributed by atoms with E-state index in [4.69, 9.17) is 4.74 Å². The maximum absolute atomic E-state index is 11.6. The SMILES string of the molecule is Cc1cc(C)c2c(c1)NC(=O)C(C)CO2. The van der Waals surface area contributed by atoms with E-state index in [9.17, 15) is 4.79 Å². The van der Waals surface area contributed by atoms with Gasteiger partial charge in [0, 0.05) is 0 Å². The summed E-state index contributed by atoms with van der Waals surface area (Å²) in [5.74, 6) is 0.731. The molecule has 0 fully saturated rings. The summed E-state index contributed by atoms with van der Waals surface area (Å²) in [6.45, 7) is 6.31. The van der Waals surface area contributed by atoms with Crippen molar-refractivity contribution >= 4 is 11.6 Å². The lowest BCUT2D eigenvalue weighted by Gasteiger charge is -2.11. The van der Waals surface area contributed by atoms with E-state index in [2.05, 4.69) is 11.4 Å². The minimum atomic E-state index is -0.0999. The first-order valence-corrected chi connectivity index (χ1v) is 5.13. The minimum Gasteiger partial charge on any atom is -0.490 e. The van der Waals surface area contributed by atoms with Gasteiger partial charge in [-0.15, -0.1) is 0 Å². The second-order valence-corrected chi connectivity index (χ2v) is 4.16. The smallest absolute Gasteiger partial charge is 0.230 e. The number of carbonyl (C=O) groups is 1. The van der Waals surface area contributed by atoms with Crippen molar-refractivity contribution in [2.24, 2.45) is 5.92 Å². The molecule has 1 aliphatic heterocycles. The molecule has 0 saturated carbocycles. The third-order valence-electron chi connectivity index (χ3n) is 2.60. The number of carbonyl (C=O) groups excluding carboxylic acids is 1. The number of hydrogen-bond acceptors (Lipinski definition) is 2. The van der Waals surface area contributed by atoms with Crippen LogP contribution in [0.3, 0.4) is 0 Å². The number of nitrogens with one attached hydrogen (secondary N) is 1. The molecular formula is C12H15NO2. The van der Waals surface area contributed by atoms with Crippen LogP contribution in [-0.2, 0) is 4.79 Å². The van der Waals surface area contributed by atoms with Crippen LogP contribution in [0.4, 0.5) is 5.69 Å².